The molecule has 29 heavy (non-hydrogen) atoms. The van der Waals surface area contributed by atoms with Gasteiger partial charge in [-0.05, 0) is 53.7 Å². The van der Waals surface area contributed by atoms with Crippen molar-refractivity contribution in [3.63, 3.8) is 0 Å². The average Bonchev–Trinajstić information content (AvgIpc) is 2.57. The minimum absolute atomic E-state index is 0.196. The van der Waals surface area contributed by atoms with Crippen LogP contribution >= 0.6 is 23.2 Å². The summed E-state index contributed by atoms with van der Waals surface area (Å²) in [5.41, 5.74) is -3.47. The van der Waals surface area contributed by atoms with Crippen LogP contribution < -0.4 is 21.3 Å². The molecule has 0 bridgehead atoms. The number of fused-ring (bicyclic) bond motifs is 1. The number of amides is 3. The van der Waals surface area contributed by atoms with E-state index in [1.807, 2.05) is 0 Å². The highest BCUT2D eigenvalue weighted by molar-refractivity contribution is 6.42. The van der Waals surface area contributed by atoms with Crippen molar-refractivity contribution in [3.05, 3.63) is 22.2 Å². The van der Waals surface area contributed by atoms with Gasteiger partial charge in [-0.2, -0.15) is 0 Å². The summed E-state index contributed by atoms with van der Waals surface area (Å²) in [4.78, 5) is 38.4. The molecule has 8 nitrogen and oxygen atoms in total. The van der Waals surface area contributed by atoms with Crippen LogP contribution in [0.25, 0.3) is 0 Å². The van der Waals surface area contributed by atoms with Crippen LogP contribution in [0.15, 0.2) is 12.1 Å². The Morgan fingerprint density at radius 2 is 1.31 bits per heavy atom. The van der Waals surface area contributed by atoms with Crippen molar-refractivity contribution < 1.29 is 19.5 Å². The van der Waals surface area contributed by atoms with Crippen LogP contribution in [-0.4, -0.2) is 40.1 Å². The lowest BCUT2D eigenvalue weighted by atomic mass is 9.87. The van der Waals surface area contributed by atoms with E-state index in [0.29, 0.717) is 5.69 Å². The summed E-state index contributed by atoms with van der Waals surface area (Å²) in [6.07, 6.45) is -1.29. The van der Waals surface area contributed by atoms with Gasteiger partial charge < -0.3 is 26.4 Å². The van der Waals surface area contributed by atoms with Crippen molar-refractivity contribution >= 4 is 52.3 Å². The van der Waals surface area contributed by atoms with E-state index in [-0.39, 0.29) is 15.7 Å². The number of nitrogens with one attached hydrogen (secondary N) is 4. The number of aliphatic hydroxyl groups is 1. The standard InChI is InChI=1S/C19H26Cl2N4O4/c1-17(2)13(26)24-18(3,4)15(28)22-11-7-9(20)10(21)8-12(11)23-16(29)19(5,6)25-14(17)27/h7-8,15,22,28H,1-6H3,(H,23,29)(H,24,26)(H,25,27). The van der Waals surface area contributed by atoms with Crippen LogP contribution in [0.1, 0.15) is 41.5 Å². The largest absolute Gasteiger partial charge is 0.371 e. The molecule has 0 radical (unpaired) electrons. The van der Waals surface area contributed by atoms with E-state index in [9.17, 15) is 19.5 Å². The Balaban J connectivity index is 2.61. The lowest BCUT2D eigenvalue weighted by Gasteiger charge is -2.36. The molecule has 0 spiro atoms. The van der Waals surface area contributed by atoms with E-state index in [1.165, 1.54) is 39.8 Å². The van der Waals surface area contributed by atoms with Gasteiger partial charge in [0.25, 0.3) is 0 Å². The molecule has 10 heteroatoms. The second-order valence-electron chi connectivity index (χ2n) is 8.69. The molecule has 160 valence electrons. The Morgan fingerprint density at radius 3 is 1.86 bits per heavy atom. The molecule has 1 aromatic rings. The van der Waals surface area contributed by atoms with E-state index in [0.717, 1.165) is 0 Å². The molecule has 3 amide bonds. The zero-order chi connectivity index (χ0) is 22.4. The topological polar surface area (TPSA) is 120 Å². The van der Waals surface area contributed by atoms with Gasteiger partial charge in [-0.15, -0.1) is 0 Å². The second kappa shape index (κ2) is 7.66. The number of rotatable bonds is 0. The Kier molecular flexibility index (Phi) is 6.14. The second-order valence-corrected chi connectivity index (χ2v) is 9.51. The zero-order valence-corrected chi connectivity index (χ0v) is 18.7. The molecule has 5 N–H and O–H groups in total. The van der Waals surface area contributed by atoms with Crippen molar-refractivity contribution in [1.82, 2.24) is 10.6 Å². The van der Waals surface area contributed by atoms with Crippen molar-refractivity contribution in [3.8, 4) is 0 Å². The van der Waals surface area contributed by atoms with E-state index in [1.54, 1.807) is 13.8 Å². The van der Waals surface area contributed by atoms with Gasteiger partial charge >= 0.3 is 0 Å². The Morgan fingerprint density at radius 1 is 0.828 bits per heavy atom. The fourth-order valence-corrected chi connectivity index (χ4v) is 2.82. The Bertz CT molecular complexity index is 868. The smallest absolute Gasteiger partial charge is 0.249 e. The van der Waals surface area contributed by atoms with E-state index < -0.39 is 40.4 Å². The fraction of sp³-hybridized carbons (Fsp3) is 0.526. The SMILES string of the molecule is CC1(C)NC(=O)C(C)(C)C(=O)NC(C)(C)C(O)Nc2cc(Cl)c(Cl)cc2NC1=O. The predicted octanol–water partition coefficient (Wildman–Crippen LogP) is 2.49. The number of benzene rings is 1. The highest BCUT2D eigenvalue weighted by atomic mass is 35.5. The van der Waals surface area contributed by atoms with Gasteiger partial charge in [0.05, 0.1) is 27.0 Å². The first-order valence-corrected chi connectivity index (χ1v) is 9.74. The molecule has 1 heterocycles. The normalized spacial score (nSPS) is 23.8. The molecule has 1 unspecified atom stereocenters. The maximum Gasteiger partial charge on any atom is 0.249 e. The van der Waals surface area contributed by atoms with Crippen LogP contribution in [0.2, 0.25) is 10.0 Å². The number of carbonyl (C=O) groups is 3. The summed E-state index contributed by atoms with van der Waals surface area (Å²) in [6.45, 7) is 9.09. The summed E-state index contributed by atoms with van der Waals surface area (Å²) in [6, 6.07) is 2.89. The summed E-state index contributed by atoms with van der Waals surface area (Å²) in [7, 11) is 0. The van der Waals surface area contributed by atoms with Crippen molar-refractivity contribution in [2.45, 2.75) is 58.8 Å². The average molecular weight is 445 g/mol. The predicted molar refractivity (Wildman–Crippen MR) is 113 cm³/mol. The third kappa shape index (κ3) is 4.76. The Hall–Kier alpha value is -2.03. The summed E-state index contributed by atoms with van der Waals surface area (Å²) >= 11 is 12.2. The molecule has 0 saturated heterocycles. The molecule has 1 aliphatic heterocycles. The number of aliphatic hydroxyl groups excluding tert-OH is 1. The molecular formula is C19H26Cl2N4O4. The molecule has 0 fully saturated rings. The minimum Gasteiger partial charge on any atom is -0.371 e. The number of carbonyl (C=O) groups excluding carboxylic acids is 3. The first-order valence-electron chi connectivity index (χ1n) is 8.98. The highest BCUT2D eigenvalue weighted by Crippen LogP contribution is 2.34. The first kappa shape index (κ1) is 23.3. The third-order valence-corrected chi connectivity index (χ3v) is 5.57. The Labute approximate surface area is 179 Å². The van der Waals surface area contributed by atoms with Gasteiger partial charge in [-0.3, -0.25) is 14.4 Å². The molecule has 1 aliphatic rings. The molecule has 1 atom stereocenters. The molecule has 1 aromatic carbocycles. The maximum absolute atomic E-state index is 12.9. The summed E-state index contributed by atoms with van der Waals surface area (Å²) in [5.74, 6) is -1.79. The zero-order valence-electron chi connectivity index (χ0n) is 17.2. The summed E-state index contributed by atoms with van der Waals surface area (Å²) in [5, 5.41) is 21.9. The number of hydrogen-bond acceptors (Lipinski definition) is 5. The maximum atomic E-state index is 12.9. The van der Waals surface area contributed by atoms with Crippen LogP contribution in [0.5, 0.6) is 0 Å². The fourth-order valence-electron chi connectivity index (χ4n) is 2.49. The van der Waals surface area contributed by atoms with Gasteiger partial charge in [-0.1, -0.05) is 23.2 Å². The number of hydrogen-bond donors (Lipinski definition) is 5. The van der Waals surface area contributed by atoms with Crippen LogP contribution in [0, 0.1) is 5.41 Å². The van der Waals surface area contributed by atoms with E-state index >= 15 is 0 Å². The monoisotopic (exact) mass is 444 g/mol. The number of halogens is 2. The quantitative estimate of drug-likeness (QED) is 0.393. The van der Waals surface area contributed by atoms with Gasteiger partial charge in [0.2, 0.25) is 17.7 Å². The van der Waals surface area contributed by atoms with Crippen LogP contribution in [-0.2, 0) is 14.4 Å². The van der Waals surface area contributed by atoms with Crippen LogP contribution in [0.4, 0.5) is 11.4 Å². The van der Waals surface area contributed by atoms with Gasteiger partial charge in [0, 0.05) is 0 Å². The van der Waals surface area contributed by atoms with Gasteiger partial charge in [0.15, 0.2) is 0 Å². The summed E-state index contributed by atoms with van der Waals surface area (Å²) < 4.78 is 0. The van der Waals surface area contributed by atoms with Crippen molar-refractivity contribution in [1.29, 1.82) is 0 Å². The van der Waals surface area contributed by atoms with E-state index in [2.05, 4.69) is 21.3 Å². The molecular weight excluding hydrogens is 419 g/mol. The lowest BCUT2D eigenvalue weighted by molar-refractivity contribution is -0.145. The molecule has 2 rings (SSSR count). The highest BCUT2D eigenvalue weighted by Gasteiger charge is 2.44. The van der Waals surface area contributed by atoms with Gasteiger partial charge in [-0.25, -0.2) is 0 Å². The van der Waals surface area contributed by atoms with Gasteiger partial charge in [0.1, 0.15) is 17.2 Å². The third-order valence-electron chi connectivity index (χ3n) is 4.85. The molecule has 0 aromatic heterocycles. The minimum atomic E-state index is -1.50. The lowest BCUT2D eigenvalue weighted by Crippen LogP contribution is -2.62. The molecule has 0 aliphatic carbocycles. The van der Waals surface area contributed by atoms with Crippen molar-refractivity contribution in [2.24, 2.45) is 5.41 Å². The van der Waals surface area contributed by atoms with Crippen LogP contribution in [0.3, 0.4) is 0 Å². The number of anilines is 2. The molecule has 0 saturated carbocycles. The van der Waals surface area contributed by atoms with E-state index in [4.69, 9.17) is 23.2 Å². The van der Waals surface area contributed by atoms with Crippen molar-refractivity contribution in [2.75, 3.05) is 10.6 Å². The first-order chi connectivity index (χ1) is 13.1.